The molecule has 4 rings (SSSR count). The molecule has 0 saturated heterocycles. The van der Waals surface area contributed by atoms with Crippen LogP contribution in [0.3, 0.4) is 0 Å². The summed E-state index contributed by atoms with van der Waals surface area (Å²) in [5.74, 6) is 1.53. The van der Waals surface area contributed by atoms with Gasteiger partial charge in [0.1, 0.15) is 22.8 Å². The van der Waals surface area contributed by atoms with Gasteiger partial charge in [-0.25, -0.2) is 0 Å². The Labute approximate surface area is 142 Å². The standard InChI is InChI=1S/C21H22O3/c1-21(2)10-9-18-16-6-3-14(11-13(16)4-8-20(18)24-21)17-7-5-15(22)12-19(17)23/h4-5,7-10,12,14,22-23H,3,6,11H2,1-2H3/t14-/m1/s1. The highest BCUT2D eigenvalue weighted by Crippen LogP contribution is 2.42. The molecule has 0 unspecified atom stereocenters. The molecule has 2 aliphatic rings. The van der Waals surface area contributed by atoms with Crippen molar-refractivity contribution in [3.8, 4) is 17.2 Å². The molecular formula is C21H22O3. The van der Waals surface area contributed by atoms with E-state index in [1.807, 2.05) is 6.07 Å². The van der Waals surface area contributed by atoms with Gasteiger partial charge in [0.05, 0.1) is 0 Å². The summed E-state index contributed by atoms with van der Waals surface area (Å²) in [4.78, 5) is 0. The van der Waals surface area contributed by atoms with E-state index >= 15 is 0 Å². The van der Waals surface area contributed by atoms with Gasteiger partial charge in [-0.1, -0.05) is 18.2 Å². The molecule has 2 aromatic carbocycles. The lowest BCUT2D eigenvalue weighted by Crippen LogP contribution is -2.28. The minimum Gasteiger partial charge on any atom is -0.508 e. The number of ether oxygens (including phenoxy) is 1. The largest absolute Gasteiger partial charge is 0.508 e. The van der Waals surface area contributed by atoms with Crippen LogP contribution in [0.1, 0.15) is 48.4 Å². The zero-order valence-electron chi connectivity index (χ0n) is 14.0. The molecule has 0 radical (unpaired) electrons. The van der Waals surface area contributed by atoms with E-state index in [-0.39, 0.29) is 23.0 Å². The smallest absolute Gasteiger partial charge is 0.128 e. The summed E-state index contributed by atoms with van der Waals surface area (Å²) < 4.78 is 6.07. The zero-order valence-corrected chi connectivity index (χ0v) is 14.0. The molecule has 0 spiro atoms. The van der Waals surface area contributed by atoms with Gasteiger partial charge in [0.25, 0.3) is 0 Å². The number of hydrogen-bond acceptors (Lipinski definition) is 3. The maximum absolute atomic E-state index is 10.2. The third kappa shape index (κ3) is 2.54. The summed E-state index contributed by atoms with van der Waals surface area (Å²) in [6, 6.07) is 9.14. The quantitative estimate of drug-likeness (QED) is 0.809. The predicted octanol–water partition coefficient (Wildman–Crippen LogP) is 4.55. The maximum atomic E-state index is 10.2. The normalized spacial score (nSPS) is 20.8. The molecule has 1 heterocycles. The Bertz CT molecular complexity index is 833. The topological polar surface area (TPSA) is 49.7 Å². The molecule has 3 heteroatoms. The van der Waals surface area contributed by atoms with Crippen LogP contribution in [0.5, 0.6) is 17.2 Å². The van der Waals surface area contributed by atoms with Gasteiger partial charge in [-0.15, -0.1) is 0 Å². The lowest BCUT2D eigenvalue weighted by atomic mass is 9.77. The van der Waals surface area contributed by atoms with Crippen LogP contribution in [0.15, 0.2) is 36.4 Å². The minimum atomic E-state index is -0.254. The summed E-state index contributed by atoms with van der Waals surface area (Å²) in [5.41, 5.74) is 4.57. The molecule has 1 atom stereocenters. The average Bonchev–Trinajstić information content (AvgIpc) is 2.53. The second-order valence-electron chi connectivity index (χ2n) is 7.34. The molecule has 0 bridgehead atoms. The average molecular weight is 322 g/mol. The number of benzene rings is 2. The second-order valence-corrected chi connectivity index (χ2v) is 7.34. The van der Waals surface area contributed by atoms with Crippen molar-refractivity contribution in [2.24, 2.45) is 0 Å². The van der Waals surface area contributed by atoms with E-state index in [0.717, 1.165) is 30.6 Å². The van der Waals surface area contributed by atoms with Gasteiger partial charge in [0, 0.05) is 11.6 Å². The van der Waals surface area contributed by atoms with Gasteiger partial charge in [0.15, 0.2) is 0 Å². The Morgan fingerprint density at radius 3 is 2.75 bits per heavy atom. The van der Waals surface area contributed by atoms with Crippen LogP contribution in [-0.4, -0.2) is 15.8 Å². The number of fused-ring (bicyclic) bond motifs is 3. The summed E-state index contributed by atoms with van der Waals surface area (Å²) in [7, 11) is 0. The van der Waals surface area contributed by atoms with Gasteiger partial charge in [0.2, 0.25) is 0 Å². The van der Waals surface area contributed by atoms with Crippen molar-refractivity contribution in [2.45, 2.75) is 44.6 Å². The third-order valence-corrected chi connectivity index (χ3v) is 5.10. The van der Waals surface area contributed by atoms with E-state index < -0.39 is 0 Å². The molecule has 2 N–H and O–H groups in total. The fourth-order valence-corrected chi connectivity index (χ4v) is 3.88. The number of hydrogen-bond donors (Lipinski definition) is 2. The van der Waals surface area contributed by atoms with Crippen molar-refractivity contribution in [1.82, 2.24) is 0 Å². The first-order valence-electron chi connectivity index (χ1n) is 8.48. The molecule has 0 amide bonds. The molecule has 0 aromatic heterocycles. The van der Waals surface area contributed by atoms with E-state index in [1.165, 1.54) is 22.8 Å². The van der Waals surface area contributed by atoms with Crippen molar-refractivity contribution in [3.05, 3.63) is 58.7 Å². The number of aromatic hydroxyl groups is 2. The van der Waals surface area contributed by atoms with Crippen LogP contribution in [-0.2, 0) is 12.8 Å². The van der Waals surface area contributed by atoms with Gasteiger partial charge in [-0.05, 0) is 73.9 Å². The first kappa shape index (κ1) is 15.1. The second kappa shape index (κ2) is 5.30. The summed E-state index contributed by atoms with van der Waals surface area (Å²) in [6.45, 7) is 4.13. The van der Waals surface area contributed by atoms with Crippen LogP contribution >= 0.6 is 0 Å². The first-order chi connectivity index (χ1) is 11.4. The monoisotopic (exact) mass is 322 g/mol. The highest BCUT2D eigenvalue weighted by molar-refractivity contribution is 5.66. The van der Waals surface area contributed by atoms with Crippen LogP contribution in [0.4, 0.5) is 0 Å². The van der Waals surface area contributed by atoms with Gasteiger partial charge >= 0.3 is 0 Å². The van der Waals surface area contributed by atoms with Crippen molar-refractivity contribution < 1.29 is 14.9 Å². The zero-order chi connectivity index (χ0) is 16.9. The summed E-state index contributed by atoms with van der Waals surface area (Å²) in [6.07, 6.45) is 7.17. The molecule has 1 aliphatic heterocycles. The Kier molecular flexibility index (Phi) is 3.34. The van der Waals surface area contributed by atoms with Crippen molar-refractivity contribution in [2.75, 3.05) is 0 Å². The van der Waals surface area contributed by atoms with Crippen LogP contribution in [0.2, 0.25) is 0 Å². The molecule has 0 saturated carbocycles. The SMILES string of the molecule is CC1(C)C=Cc2c(ccc3c2CC[C@@H](c2ccc(O)cc2O)C3)O1. The fraction of sp³-hybridized carbons (Fsp3) is 0.333. The Balaban J connectivity index is 1.67. The van der Waals surface area contributed by atoms with E-state index in [9.17, 15) is 10.2 Å². The van der Waals surface area contributed by atoms with Crippen LogP contribution < -0.4 is 4.74 Å². The number of phenolic OH excluding ortho intramolecular Hbond substituents is 2. The molecule has 2 aromatic rings. The molecule has 24 heavy (non-hydrogen) atoms. The Morgan fingerprint density at radius 2 is 1.96 bits per heavy atom. The molecule has 124 valence electrons. The van der Waals surface area contributed by atoms with E-state index in [1.54, 1.807) is 6.07 Å². The summed E-state index contributed by atoms with van der Waals surface area (Å²) >= 11 is 0. The highest BCUT2D eigenvalue weighted by Gasteiger charge is 2.28. The minimum absolute atomic E-state index is 0.103. The molecule has 1 aliphatic carbocycles. The van der Waals surface area contributed by atoms with E-state index in [0.29, 0.717) is 0 Å². The van der Waals surface area contributed by atoms with Crippen molar-refractivity contribution >= 4 is 6.08 Å². The Morgan fingerprint density at radius 1 is 1.12 bits per heavy atom. The van der Waals surface area contributed by atoms with E-state index in [4.69, 9.17) is 4.74 Å². The van der Waals surface area contributed by atoms with Crippen LogP contribution in [0, 0.1) is 0 Å². The van der Waals surface area contributed by atoms with Gasteiger partial charge in [-0.2, -0.15) is 0 Å². The van der Waals surface area contributed by atoms with Crippen molar-refractivity contribution in [3.63, 3.8) is 0 Å². The highest BCUT2D eigenvalue weighted by atomic mass is 16.5. The van der Waals surface area contributed by atoms with Crippen molar-refractivity contribution in [1.29, 1.82) is 0 Å². The van der Waals surface area contributed by atoms with Crippen LogP contribution in [0.25, 0.3) is 6.08 Å². The Hall–Kier alpha value is -2.42. The third-order valence-electron chi connectivity index (χ3n) is 5.10. The predicted molar refractivity (Wildman–Crippen MR) is 94.7 cm³/mol. The molecule has 0 fully saturated rings. The summed E-state index contributed by atoms with van der Waals surface area (Å²) in [5, 5.41) is 19.6. The lowest BCUT2D eigenvalue weighted by molar-refractivity contribution is 0.158. The first-order valence-corrected chi connectivity index (χ1v) is 8.48. The number of phenols is 2. The lowest BCUT2D eigenvalue weighted by Gasteiger charge is -2.32. The maximum Gasteiger partial charge on any atom is 0.128 e. The van der Waals surface area contributed by atoms with Gasteiger partial charge in [-0.3, -0.25) is 0 Å². The molecule has 3 nitrogen and oxygen atoms in total. The number of rotatable bonds is 1. The molecular weight excluding hydrogens is 300 g/mol. The van der Waals surface area contributed by atoms with E-state index in [2.05, 4.69) is 38.1 Å². The fourth-order valence-electron chi connectivity index (χ4n) is 3.88. The van der Waals surface area contributed by atoms with Gasteiger partial charge < -0.3 is 14.9 Å².